The monoisotopic (exact) mass is 722 g/mol. The second kappa shape index (κ2) is 14.4. The van der Waals surface area contributed by atoms with Gasteiger partial charge in [-0.1, -0.05) is 0 Å². The van der Waals surface area contributed by atoms with E-state index >= 15 is 0 Å². The Balaban J connectivity index is 0.835. The number of fused-ring (bicyclic) bond motifs is 1. The minimum absolute atomic E-state index is 0.0635. The Morgan fingerprint density at radius 2 is 1.58 bits per heavy atom. The average molecular weight is 723 g/mol. The van der Waals surface area contributed by atoms with Crippen LogP contribution in [-0.2, 0) is 9.59 Å². The highest BCUT2D eigenvalue weighted by Crippen LogP contribution is 2.33. The highest BCUT2D eigenvalue weighted by Gasteiger charge is 2.45. The van der Waals surface area contributed by atoms with Gasteiger partial charge in [-0.15, -0.1) is 0 Å². The van der Waals surface area contributed by atoms with Gasteiger partial charge in [-0.3, -0.25) is 39.1 Å². The predicted octanol–water partition coefficient (Wildman–Crippen LogP) is 1.15. The molecule has 8 rings (SSSR count). The van der Waals surface area contributed by atoms with Gasteiger partial charge >= 0.3 is 0 Å². The van der Waals surface area contributed by atoms with Crippen LogP contribution in [0.1, 0.15) is 69.7 Å². The molecule has 1 unspecified atom stereocenters. The first-order chi connectivity index (χ1) is 25.7. The fourth-order valence-corrected chi connectivity index (χ4v) is 7.98. The number of nitrogens with zero attached hydrogens (tertiary/aromatic N) is 9. The van der Waals surface area contributed by atoms with Gasteiger partial charge in [0.05, 0.1) is 35.4 Å². The summed E-state index contributed by atoms with van der Waals surface area (Å²) >= 11 is 0. The largest absolute Gasteiger partial charge is 0.371 e. The molecule has 5 aliphatic rings. The minimum Gasteiger partial charge on any atom is -0.371 e. The molecule has 7 heterocycles. The molecule has 0 spiro atoms. The first kappa shape index (κ1) is 34.4. The van der Waals surface area contributed by atoms with Crippen LogP contribution in [0.2, 0.25) is 0 Å². The molecule has 4 fully saturated rings. The van der Waals surface area contributed by atoms with E-state index in [1.807, 2.05) is 6.07 Å². The van der Waals surface area contributed by atoms with Crippen LogP contribution in [0.15, 0.2) is 36.8 Å². The smallest absolute Gasteiger partial charge is 0.271 e. The van der Waals surface area contributed by atoms with Crippen LogP contribution in [0.4, 0.5) is 29.0 Å². The van der Waals surface area contributed by atoms with Crippen molar-refractivity contribution in [3.05, 3.63) is 53.6 Å². The average Bonchev–Trinajstić information content (AvgIpc) is 3.74. The molecular formula is C36H42N12O5. The molecule has 2 atom stereocenters. The van der Waals surface area contributed by atoms with Gasteiger partial charge in [0.25, 0.3) is 17.7 Å². The van der Waals surface area contributed by atoms with Crippen LogP contribution in [-0.4, -0.2) is 124 Å². The van der Waals surface area contributed by atoms with Crippen molar-refractivity contribution in [3.8, 4) is 0 Å². The highest BCUT2D eigenvalue weighted by molar-refractivity contribution is 6.23. The Morgan fingerprint density at radius 3 is 2.32 bits per heavy atom. The van der Waals surface area contributed by atoms with Crippen LogP contribution in [0, 0.1) is 5.92 Å². The zero-order valence-electron chi connectivity index (χ0n) is 29.4. The SMILES string of the molecule is NC(=O)c1ncc(N2CCCCC2)nc1Nc1cnc(N2CCN(C[C@H]3CCN(c4ccc5c(c4)C(=O)N(C4CCC(=O)NC4=O)C5=O)C3)CC2)nc1. The molecule has 0 aliphatic carbocycles. The second-order valence-corrected chi connectivity index (χ2v) is 14.3. The fourth-order valence-electron chi connectivity index (χ4n) is 7.98. The van der Waals surface area contributed by atoms with Crippen molar-refractivity contribution >= 4 is 58.5 Å². The van der Waals surface area contributed by atoms with Gasteiger partial charge in [-0.05, 0) is 56.2 Å². The number of carbonyl (C=O) groups excluding carboxylic acids is 5. The zero-order chi connectivity index (χ0) is 36.6. The van der Waals surface area contributed by atoms with E-state index in [4.69, 9.17) is 5.73 Å². The van der Waals surface area contributed by atoms with Crippen molar-refractivity contribution in [2.75, 3.05) is 78.9 Å². The predicted molar refractivity (Wildman–Crippen MR) is 194 cm³/mol. The van der Waals surface area contributed by atoms with Gasteiger partial charge in [0.1, 0.15) is 11.9 Å². The van der Waals surface area contributed by atoms with Gasteiger partial charge in [0.2, 0.25) is 17.8 Å². The second-order valence-electron chi connectivity index (χ2n) is 14.3. The van der Waals surface area contributed by atoms with Crippen LogP contribution in [0.3, 0.4) is 0 Å². The summed E-state index contributed by atoms with van der Waals surface area (Å²) in [6.45, 7) is 7.70. The molecular weight excluding hydrogens is 680 g/mol. The summed E-state index contributed by atoms with van der Waals surface area (Å²) in [7, 11) is 0. The summed E-state index contributed by atoms with van der Waals surface area (Å²) < 4.78 is 0. The number of hydrogen-bond donors (Lipinski definition) is 3. The summed E-state index contributed by atoms with van der Waals surface area (Å²) in [5.74, 6) is -0.598. The van der Waals surface area contributed by atoms with Crippen LogP contribution >= 0.6 is 0 Å². The number of piperazine rings is 1. The van der Waals surface area contributed by atoms with Crippen molar-refractivity contribution in [1.29, 1.82) is 0 Å². The summed E-state index contributed by atoms with van der Waals surface area (Å²) in [5.41, 5.74) is 7.71. The van der Waals surface area contributed by atoms with E-state index in [0.717, 1.165) is 88.8 Å². The molecule has 2 aromatic heterocycles. The Morgan fingerprint density at radius 1 is 0.830 bits per heavy atom. The molecule has 0 bridgehead atoms. The van der Waals surface area contributed by atoms with E-state index in [1.165, 1.54) is 6.42 Å². The molecule has 4 N–H and O–H groups in total. The number of nitrogens with two attached hydrogens (primary N) is 1. The normalized spacial score (nSPS) is 22.3. The van der Waals surface area contributed by atoms with E-state index in [-0.39, 0.29) is 29.9 Å². The Labute approximate surface area is 305 Å². The van der Waals surface area contributed by atoms with E-state index in [2.05, 4.69) is 50.2 Å². The number of aromatic nitrogens is 4. The van der Waals surface area contributed by atoms with Crippen LogP contribution < -0.4 is 31.1 Å². The molecule has 0 saturated carbocycles. The Bertz CT molecular complexity index is 1940. The molecule has 17 heteroatoms. The van der Waals surface area contributed by atoms with E-state index in [0.29, 0.717) is 28.9 Å². The third-order valence-electron chi connectivity index (χ3n) is 10.8. The van der Waals surface area contributed by atoms with Crippen molar-refractivity contribution < 1.29 is 24.0 Å². The standard InChI is InChI=1S/C36H42N12O5/c37-31(50)30-32(42-28(19-38-30)45-9-2-1-3-10-45)41-23-17-39-36(40-18-23)46-14-12-44(13-15-46)20-22-8-11-47(21-22)24-4-5-25-26(16-24)35(53)48(34(25)52)27-6-7-29(49)43-33(27)51/h4-5,16-19,22,27H,1-3,6-15,20-21H2,(H2,37,50)(H,41,42)(H,43,49,51)/t22-,27?/m1/s1. The number of carbonyl (C=O) groups is 5. The maximum Gasteiger partial charge on any atom is 0.271 e. The number of rotatable bonds is 9. The summed E-state index contributed by atoms with van der Waals surface area (Å²) in [4.78, 5) is 90.8. The lowest BCUT2D eigenvalue weighted by molar-refractivity contribution is -0.136. The minimum atomic E-state index is -0.978. The van der Waals surface area contributed by atoms with Crippen molar-refractivity contribution in [1.82, 2.24) is 35.1 Å². The molecule has 17 nitrogen and oxygen atoms in total. The van der Waals surface area contributed by atoms with Gasteiger partial charge in [-0.25, -0.2) is 19.9 Å². The van der Waals surface area contributed by atoms with Crippen molar-refractivity contribution in [3.63, 3.8) is 0 Å². The molecule has 5 aliphatic heterocycles. The number of anilines is 5. The maximum atomic E-state index is 13.3. The first-order valence-corrected chi connectivity index (χ1v) is 18.3. The third-order valence-corrected chi connectivity index (χ3v) is 10.8. The molecule has 1 aromatic carbocycles. The Kier molecular flexibility index (Phi) is 9.32. The van der Waals surface area contributed by atoms with E-state index in [9.17, 15) is 24.0 Å². The number of imide groups is 2. The van der Waals surface area contributed by atoms with E-state index < -0.39 is 35.6 Å². The fraction of sp³-hybridized carbons (Fsp3) is 0.472. The molecule has 4 saturated heterocycles. The number of hydrogen-bond acceptors (Lipinski definition) is 14. The molecule has 0 radical (unpaired) electrons. The van der Waals surface area contributed by atoms with Gasteiger partial charge < -0.3 is 25.8 Å². The molecule has 276 valence electrons. The topological polar surface area (TPSA) is 203 Å². The molecule has 53 heavy (non-hydrogen) atoms. The third kappa shape index (κ3) is 6.95. The molecule has 3 aromatic rings. The summed E-state index contributed by atoms with van der Waals surface area (Å²) in [5, 5.41) is 5.38. The number of benzene rings is 1. The van der Waals surface area contributed by atoms with Crippen molar-refractivity contribution in [2.24, 2.45) is 11.7 Å². The molecule has 5 amide bonds. The quantitative estimate of drug-likeness (QED) is 0.265. The van der Waals surface area contributed by atoms with Crippen molar-refractivity contribution in [2.45, 2.75) is 44.6 Å². The lowest BCUT2D eigenvalue weighted by Crippen LogP contribution is -2.54. The lowest BCUT2D eigenvalue weighted by atomic mass is 10.0. The summed E-state index contributed by atoms with van der Waals surface area (Å²) in [6.07, 6.45) is 9.55. The number of amides is 5. The van der Waals surface area contributed by atoms with Gasteiger partial charge in [0.15, 0.2) is 11.5 Å². The Hall–Kier alpha value is -5.71. The number of primary amides is 1. The number of nitrogens with one attached hydrogen (secondary N) is 2. The summed E-state index contributed by atoms with van der Waals surface area (Å²) in [6, 6.07) is 4.33. The van der Waals surface area contributed by atoms with E-state index in [1.54, 1.807) is 30.7 Å². The number of piperidine rings is 2. The van der Waals surface area contributed by atoms with Crippen LogP contribution in [0.5, 0.6) is 0 Å². The lowest BCUT2D eigenvalue weighted by Gasteiger charge is -2.36. The van der Waals surface area contributed by atoms with Crippen LogP contribution in [0.25, 0.3) is 0 Å². The first-order valence-electron chi connectivity index (χ1n) is 18.3. The van der Waals surface area contributed by atoms with Gasteiger partial charge in [-0.2, -0.15) is 0 Å². The zero-order valence-corrected chi connectivity index (χ0v) is 29.4. The van der Waals surface area contributed by atoms with Gasteiger partial charge in [0, 0.05) is 71.0 Å². The highest BCUT2D eigenvalue weighted by atomic mass is 16.2. The maximum absolute atomic E-state index is 13.3.